The molecule has 1 fully saturated rings. The van der Waals surface area contributed by atoms with Crippen molar-refractivity contribution in [2.24, 2.45) is 5.92 Å². The third kappa shape index (κ3) is 3.58. The van der Waals surface area contributed by atoms with Crippen molar-refractivity contribution in [3.8, 4) is 0 Å². The lowest BCUT2D eigenvalue weighted by molar-refractivity contribution is 0.0787. The second kappa shape index (κ2) is 6.63. The lowest BCUT2D eigenvalue weighted by atomic mass is 9.94. The Morgan fingerprint density at radius 3 is 2.54 bits per heavy atom. The Balaban J connectivity index is 1.69. The molecule has 1 aliphatic rings. The first-order valence-corrected chi connectivity index (χ1v) is 8.55. The maximum absolute atomic E-state index is 12.5. The van der Waals surface area contributed by atoms with Crippen molar-refractivity contribution < 1.29 is 4.79 Å². The van der Waals surface area contributed by atoms with E-state index in [9.17, 15) is 4.79 Å². The fourth-order valence-electron chi connectivity index (χ4n) is 3.14. The molecule has 0 spiro atoms. The minimum atomic E-state index is -0.232. The normalized spacial score (nSPS) is 17.8. The first-order valence-electron chi connectivity index (χ1n) is 8.55. The van der Waals surface area contributed by atoms with Crippen LogP contribution >= 0.6 is 0 Å². The number of aromatic nitrogens is 1. The summed E-state index contributed by atoms with van der Waals surface area (Å²) in [6.45, 7) is 8.12. The number of carbonyl (C=O) groups is 1. The number of hydrogen-bond acceptors (Lipinski definition) is 3. The molecule has 1 saturated heterocycles. The summed E-state index contributed by atoms with van der Waals surface area (Å²) in [6, 6.07) is 14.0. The number of pyridine rings is 1. The van der Waals surface area contributed by atoms with E-state index >= 15 is 0 Å². The summed E-state index contributed by atoms with van der Waals surface area (Å²) in [5.41, 5.74) is 1.62. The summed E-state index contributed by atoms with van der Waals surface area (Å²) in [5.74, 6) is 1.45. The lowest BCUT2D eigenvalue weighted by Gasteiger charge is -2.27. The number of likely N-dealkylation sites (tertiary alicyclic amines) is 1. The van der Waals surface area contributed by atoms with Crippen molar-refractivity contribution in [2.75, 3.05) is 18.4 Å². The first kappa shape index (κ1) is 16.5. The fraction of sp³-hybridized carbons (Fsp3) is 0.400. The first-order chi connectivity index (χ1) is 11.5. The van der Waals surface area contributed by atoms with E-state index in [1.165, 1.54) is 5.56 Å². The maximum Gasteiger partial charge on any atom is 0.255 e. The van der Waals surface area contributed by atoms with Crippen LogP contribution in [0.2, 0.25) is 0 Å². The van der Waals surface area contributed by atoms with Crippen LogP contribution in [0.4, 0.5) is 5.82 Å². The molecule has 0 bridgehead atoms. The third-order valence-corrected chi connectivity index (χ3v) is 4.66. The Kier molecular flexibility index (Phi) is 4.56. The Morgan fingerprint density at radius 2 is 1.96 bits per heavy atom. The molecular formula is C20H25N3O. The Labute approximate surface area is 143 Å². The number of anilines is 1. The second-order valence-corrected chi connectivity index (χ2v) is 7.19. The molecule has 1 amide bonds. The number of hydrogen-bond donors (Lipinski definition) is 1. The molecule has 1 aliphatic heterocycles. The predicted molar refractivity (Wildman–Crippen MR) is 97.0 cm³/mol. The quantitative estimate of drug-likeness (QED) is 0.928. The van der Waals surface area contributed by atoms with E-state index in [2.05, 4.69) is 43.2 Å². The number of carbonyl (C=O) groups excluding carboxylic acids is 1. The van der Waals surface area contributed by atoms with E-state index in [0.29, 0.717) is 11.5 Å². The molecule has 1 atom stereocenters. The average Bonchev–Trinajstić information content (AvgIpc) is 3.02. The van der Waals surface area contributed by atoms with Gasteiger partial charge in [0.05, 0.1) is 11.1 Å². The number of amides is 1. The number of nitrogens with zero attached hydrogens (tertiary/aromatic N) is 2. The topological polar surface area (TPSA) is 45.2 Å². The lowest BCUT2D eigenvalue weighted by Crippen LogP contribution is -2.29. The van der Waals surface area contributed by atoms with Crippen LogP contribution in [-0.2, 0) is 5.54 Å². The van der Waals surface area contributed by atoms with Crippen molar-refractivity contribution in [3.63, 3.8) is 0 Å². The van der Waals surface area contributed by atoms with Crippen LogP contribution in [-0.4, -0.2) is 28.9 Å². The number of nitrogens with one attached hydrogen (secondary N) is 1. The molecule has 1 aromatic carbocycles. The molecule has 4 heteroatoms. The molecule has 2 aromatic rings. The largest absolute Gasteiger partial charge is 0.361 e. The van der Waals surface area contributed by atoms with Gasteiger partial charge in [-0.2, -0.15) is 0 Å². The third-order valence-electron chi connectivity index (χ3n) is 4.66. The zero-order valence-electron chi connectivity index (χ0n) is 14.6. The molecule has 0 aliphatic carbocycles. The van der Waals surface area contributed by atoms with Crippen LogP contribution in [0.15, 0.2) is 48.7 Å². The van der Waals surface area contributed by atoms with Crippen LogP contribution in [0, 0.1) is 5.92 Å². The molecule has 3 rings (SSSR count). The van der Waals surface area contributed by atoms with E-state index < -0.39 is 0 Å². The van der Waals surface area contributed by atoms with Crippen LogP contribution in [0.3, 0.4) is 0 Å². The summed E-state index contributed by atoms with van der Waals surface area (Å²) >= 11 is 0. The molecule has 2 heterocycles. The van der Waals surface area contributed by atoms with Crippen molar-refractivity contribution in [1.82, 2.24) is 9.88 Å². The van der Waals surface area contributed by atoms with Crippen LogP contribution in [0.1, 0.15) is 43.1 Å². The standard InChI is InChI=1S/C20H25N3O/c1-15-11-12-23(14-15)19(24)16-9-10-18(21-13-16)22-20(2,3)17-7-5-4-6-8-17/h4-10,13,15H,11-12,14H2,1-3H3,(H,21,22). The van der Waals surface area contributed by atoms with Gasteiger partial charge in [-0.15, -0.1) is 0 Å². The Morgan fingerprint density at radius 1 is 1.21 bits per heavy atom. The van der Waals surface area contributed by atoms with E-state index in [4.69, 9.17) is 0 Å². The Hall–Kier alpha value is -2.36. The van der Waals surface area contributed by atoms with Crippen molar-refractivity contribution in [1.29, 1.82) is 0 Å². The van der Waals surface area contributed by atoms with Crippen molar-refractivity contribution >= 4 is 11.7 Å². The SMILES string of the molecule is CC1CCN(C(=O)c2ccc(NC(C)(C)c3ccccc3)nc2)C1. The summed E-state index contributed by atoms with van der Waals surface area (Å²) < 4.78 is 0. The van der Waals surface area contributed by atoms with Gasteiger partial charge in [-0.1, -0.05) is 37.3 Å². The van der Waals surface area contributed by atoms with Crippen LogP contribution in [0.25, 0.3) is 0 Å². The van der Waals surface area contributed by atoms with Gasteiger partial charge < -0.3 is 10.2 Å². The van der Waals surface area contributed by atoms with E-state index in [-0.39, 0.29) is 11.4 Å². The van der Waals surface area contributed by atoms with Gasteiger partial charge in [-0.05, 0) is 43.9 Å². The highest BCUT2D eigenvalue weighted by molar-refractivity contribution is 5.94. The van der Waals surface area contributed by atoms with E-state index in [1.54, 1.807) is 6.20 Å². The zero-order chi connectivity index (χ0) is 17.2. The molecule has 4 nitrogen and oxygen atoms in total. The molecule has 24 heavy (non-hydrogen) atoms. The Bertz CT molecular complexity index is 695. The van der Waals surface area contributed by atoms with Gasteiger partial charge in [0, 0.05) is 19.3 Å². The number of rotatable bonds is 4. The monoisotopic (exact) mass is 323 g/mol. The predicted octanol–water partition coefficient (Wildman–Crippen LogP) is 3.91. The summed E-state index contributed by atoms with van der Waals surface area (Å²) in [5, 5.41) is 3.44. The molecule has 0 radical (unpaired) electrons. The molecule has 1 aromatic heterocycles. The van der Waals surface area contributed by atoms with E-state index in [0.717, 1.165) is 25.3 Å². The molecule has 0 saturated carbocycles. The average molecular weight is 323 g/mol. The number of benzene rings is 1. The van der Waals surface area contributed by atoms with Crippen molar-refractivity contribution in [3.05, 3.63) is 59.8 Å². The smallest absolute Gasteiger partial charge is 0.255 e. The highest BCUT2D eigenvalue weighted by atomic mass is 16.2. The van der Waals surface area contributed by atoms with Crippen molar-refractivity contribution in [2.45, 2.75) is 32.7 Å². The van der Waals surface area contributed by atoms with Gasteiger partial charge in [-0.3, -0.25) is 4.79 Å². The van der Waals surface area contributed by atoms with Gasteiger partial charge in [-0.25, -0.2) is 4.98 Å². The molecule has 1 unspecified atom stereocenters. The van der Waals surface area contributed by atoms with E-state index in [1.807, 2.05) is 35.2 Å². The van der Waals surface area contributed by atoms with Gasteiger partial charge in [0.25, 0.3) is 5.91 Å². The van der Waals surface area contributed by atoms with Gasteiger partial charge >= 0.3 is 0 Å². The minimum absolute atomic E-state index is 0.0840. The minimum Gasteiger partial charge on any atom is -0.361 e. The second-order valence-electron chi connectivity index (χ2n) is 7.19. The van der Waals surface area contributed by atoms with Gasteiger partial charge in [0.2, 0.25) is 0 Å². The summed E-state index contributed by atoms with van der Waals surface area (Å²) in [7, 11) is 0. The van der Waals surface area contributed by atoms with Gasteiger partial charge in [0.1, 0.15) is 5.82 Å². The van der Waals surface area contributed by atoms with Crippen LogP contribution < -0.4 is 5.32 Å². The highest BCUT2D eigenvalue weighted by Crippen LogP contribution is 2.25. The maximum atomic E-state index is 12.5. The summed E-state index contributed by atoms with van der Waals surface area (Å²) in [4.78, 5) is 18.8. The van der Waals surface area contributed by atoms with Gasteiger partial charge in [0.15, 0.2) is 0 Å². The fourth-order valence-corrected chi connectivity index (χ4v) is 3.14. The summed E-state index contributed by atoms with van der Waals surface area (Å²) in [6.07, 6.45) is 2.76. The van der Waals surface area contributed by atoms with Crippen LogP contribution in [0.5, 0.6) is 0 Å². The molecule has 1 N–H and O–H groups in total. The molecule has 126 valence electrons. The zero-order valence-corrected chi connectivity index (χ0v) is 14.6. The molecular weight excluding hydrogens is 298 g/mol. The highest BCUT2D eigenvalue weighted by Gasteiger charge is 2.25.